The van der Waals surface area contributed by atoms with Gasteiger partial charge in [-0.2, -0.15) is 0 Å². The number of nitrogens with zero attached hydrogens (tertiary/aromatic N) is 1. The summed E-state index contributed by atoms with van der Waals surface area (Å²) in [6.07, 6.45) is 0.490. The van der Waals surface area contributed by atoms with E-state index in [-0.39, 0.29) is 25.0 Å². The molecule has 0 saturated carbocycles. The van der Waals surface area contributed by atoms with E-state index in [1.807, 2.05) is 31.2 Å². The second-order valence-corrected chi connectivity index (χ2v) is 7.11. The van der Waals surface area contributed by atoms with E-state index in [2.05, 4.69) is 5.32 Å². The normalized spacial score (nSPS) is 16.7. The van der Waals surface area contributed by atoms with Crippen molar-refractivity contribution in [2.24, 2.45) is 0 Å². The number of hydrogen-bond acceptors (Lipinski definition) is 5. The zero-order valence-corrected chi connectivity index (χ0v) is 17.1. The topological polar surface area (TPSA) is 88.1 Å². The molecule has 2 aromatic carbocycles. The number of benzene rings is 2. The SMILES string of the molecule is CCOc1ccccc1C(=O)N1CCCC1C(=O)NCC(O)COc1ccccc1. The van der Waals surface area contributed by atoms with Crippen LogP contribution in [0.15, 0.2) is 54.6 Å². The number of likely N-dealkylation sites (tertiary alicyclic amines) is 1. The Morgan fingerprint density at radius 2 is 1.87 bits per heavy atom. The minimum atomic E-state index is -0.849. The first-order valence-corrected chi connectivity index (χ1v) is 10.3. The zero-order chi connectivity index (χ0) is 21.3. The predicted molar refractivity (Wildman–Crippen MR) is 113 cm³/mol. The van der Waals surface area contributed by atoms with Crippen molar-refractivity contribution in [2.45, 2.75) is 31.9 Å². The molecule has 3 rings (SSSR count). The Hall–Kier alpha value is -3.06. The highest BCUT2D eigenvalue weighted by molar-refractivity contribution is 6.00. The van der Waals surface area contributed by atoms with Crippen LogP contribution in [0.3, 0.4) is 0 Å². The van der Waals surface area contributed by atoms with Gasteiger partial charge in [0.05, 0.1) is 12.2 Å². The molecule has 0 spiro atoms. The second kappa shape index (κ2) is 10.6. The van der Waals surface area contributed by atoms with E-state index in [9.17, 15) is 14.7 Å². The molecular formula is C23H28N2O5. The molecule has 2 aromatic rings. The van der Waals surface area contributed by atoms with Gasteiger partial charge in [-0.25, -0.2) is 0 Å². The van der Waals surface area contributed by atoms with E-state index in [0.29, 0.717) is 36.6 Å². The lowest BCUT2D eigenvalue weighted by Crippen LogP contribution is -2.48. The van der Waals surface area contributed by atoms with Crippen LogP contribution in [0.4, 0.5) is 0 Å². The van der Waals surface area contributed by atoms with E-state index >= 15 is 0 Å². The molecule has 2 unspecified atom stereocenters. The average Bonchev–Trinajstić information content (AvgIpc) is 3.27. The first kappa shape index (κ1) is 21.6. The highest BCUT2D eigenvalue weighted by Crippen LogP contribution is 2.25. The summed E-state index contributed by atoms with van der Waals surface area (Å²) < 4.78 is 11.1. The number of aliphatic hydroxyl groups excluding tert-OH is 1. The molecule has 30 heavy (non-hydrogen) atoms. The molecule has 7 nitrogen and oxygen atoms in total. The number of para-hydroxylation sites is 2. The van der Waals surface area contributed by atoms with Crippen LogP contribution in [-0.4, -0.2) is 60.3 Å². The molecule has 1 fully saturated rings. The predicted octanol–water partition coefficient (Wildman–Crippen LogP) is 2.25. The fraction of sp³-hybridized carbons (Fsp3) is 0.391. The highest BCUT2D eigenvalue weighted by Gasteiger charge is 2.35. The molecule has 7 heteroatoms. The number of aliphatic hydroxyl groups is 1. The first-order chi connectivity index (χ1) is 14.6. The molecule has 0 aromatic heterocycles. The summed E-state index contributed by atoms with van der Waals surface area (Å²) in [6, 6.07) is 15.7. The standard InChI is InChI=1S/C23H28N2O5/c1-2-29-21-13-7-6-11-19(21)23(28)25-14-8-12-20(25)22(27)24-15-17(26)16-30-18-9-4-3-5-10-18/h3-7,9-11,13,17,20,26H,2,8,12,14-16H2,1H3,(H,24,27). The van der Waals surface area contributed by atoms with Crippen LogP contribution in [0.25, 0.3) is 0 Å². The summed E-state index contributed by atoms with van der Waals surface area (Å²) in [4.78, 5) is 27.3. The second-order valence-electron chi connectivity index (χ2n) is 7.11. The molecule has 1 aliphatic rings. The van der Waals surface area contributed by atoms with Crippen LogP contribution >= 0.6 is 0 Å². The molecule has 2 atom stereocenters. The molecule has 1 heterocycles. The van der Waals surface area contributed by atoms with Crippen LogP contribution in [-0.2, 0) is 4.79 Å². The van der Waals surface area contributed by atoms with Gasteiger partial charge in [-0.3, -0.25) is 9.59 Å². The minimum Gasteiger partial charge on any atom is -0.493 e. The lowest BCUT2D eigenvalue weighted by atomic mass is 10.1. The highest BCUT2D eigenvalue weighted by atomic mass is 16.5. The maximum absolute atomic E-state index is 13.1. The van der Waals surface area contributed by atoms with Crippen molar-refractivity contribution in [3.8, 4) is 11.5 Å². The van der Waals surface area contributed by atoms with Crippen molar-refractivity contribution in [3.05, 3.63) is 60.2 Å². The van der Waals surface area contributed by atoms with Crippen molar-refractivity contribution in [1.29, 1.82) is 0 Å². The summed E-state index contributed by atoms with van der Waals surface area (Å²) >= 11 is 0. The van der Waals surface area contributed by atoms with Crippen molar-refractivity contribution in [1.82, 2.24) is 10.2 Å². The first-order valence-electron chi connectivity index (χ1n) is 10.3. The van der Waals surface area contributed by atoms with Gasteiger partial charge in [-0.1, -0.05) is 30.3 Å². The lowest BCUT2D eigenvalue weighted by Gasteiger charge is -2.25. The van der Waals surface area contributed by atoms with Crippen molar-refractivity contribution in [2.75, 3.05) is 26.3 Å². The fourth-order valence-corrected chi connectivity index (χ4v) is 3.47. The molecule has 1 aliphatic heterocycles. The Labute approximate surface area is 176 Å². The van der Waals surface area contributed by atoms with E-state index < -0.39 is 12.1 Å². The van der Waals surface area contributed by atoms with Gasteiger partial charge >= 0.3 is 0 Å². The zero-order valence-electron chi connectivity index (χ0n) is 17.1. The van der Waals surface area contributed by atoms with Gasteiger partial charge < -0.3 is 24.8 Å². The lowest BCUT2D eigenvalue weighted by molar-refractivity contribution is -0.125. The molecule has 0 aliphatic carbocycles. The molecule has 2 N–H and O–H groups in total. The number of hydrogen-bond donors (Lipinski definition) is 2. The molecule has 160 valence electrons. The molecule has 2 amide bonds. The maximum Gasteiger partial charge on any atom is 0.258 e. The van der Waals surface area contributed by atoms with Crippen LogP contribution in [0.1, 0.15) is 30.1 Å². The number of carbonyl (C=O) groups is 2. The van der Waals surface area contributed by atoms with E-state index in [4.69, 9.17) is 9.47 Å². The number of nitrogens with one attached hydrogen (secondary N) is 1. The van der Waals surface area contributed by atoms with Crippen LogP contribution < -0.4 is 14.8 Å². The van der Waals surface area contributed by atoms with E-state index in [0.717, 1.165) is 6.42 Å². The number of ether oxygens (including phenoxy) is 2. The van der Waals surface area contributed by atoms with Gasteiger partial charge in [0.2, 0.25) is 5.91 Å². The average molecular weight is 412 g/mol. The maximum atomic E-state index is 13.1. The monoisotopic (exact) mass is 412 g/mol. The molecular weight excluding hydrogens is 384 g/mol. The fourth-order valence-electron chi connectivity index (χ4n) is 3.47. The van der Waals surface area contributed by atoms with Crippen molar-refractivity contribution in [3.63, 3.8) is 0 Å². The van der Waals surface area contributed by atoms with Gasteiger partial charge in [0.15, 0.2) is 0 Å². The quantitative estimate of drug-likeness (QED) is 0.660. The molecule has 0 bridgehead atoms. The third-order valence-corrected chi connectivity index (χ3v) is 4.93. The van der Waals surface area contributed by atoms with Crippen LogP contribution in [0.5, 0.6) is 11.5 Å². The smallest absolute Gasteiger partial charge is 0.258 e. The Balaban J connectivity index is 1.54. The number of amides is 2. The van der Waals surface area contributed by atoms with Gasteiger partial charge in [0.1, 0.15) is 30.3 Å². The van der Waals surface area contributed by atoms with Crippen LogP contribution in [0, 0.1) is 0 Å². The molecule has 0 radical (unpaired) electrons. The summed E-state index contributed by atoms with van der Waals surface area (Å²) in [5.41, 5.74) is 0.454. The largest absolute Gasteiger partial charge is 0.493 e. The summed E-state index contributed by atoms with van der Waals surface area (Å²) in [7, 11) is 0. The van der Waals surface area contributed by atoms with Crippen molar-refractivity contribution < 1.29 is 24.2 Å². The van der Waals surface area contributed by atoms with Gasteiger partial charge in [0.25, 0.3) is 5.91 Å². The number of rotatable bonds is 9. The third-order valence-electron chi connectivity index (χ3n) is 4.93. The Kier molecular flexibility index (Phi) is 7.68. The number of carbonyl (C=O) groups excluding carboxylic acids is 2. The summed E-state index contributed by atoms with van der Waals surface area (Å²) in [6.45, 7) is 2.95. The van der Waals surface area contributed by atoms with Gasteiger partial charge in [0, 0.05) is 13.1 Å². The van der Waals surface area contributed by atoms with Crippen LogP contribution in [0.2, 0.25) is 0 Å². The van der Waals surface area contributed by atoms with Crippen molar-refractivity contribution >= 4 is 11.8 Å². The van der Waals surface area contributed by atoms with Gasteiger partial charge in [-0.05, 0) is 44.0 Å². The van der Waals surface area contributed by atoms with E-state index in [1.165, 1.54) is 0 Å². The van der Waals surface area contributed by atoms with Gasteiger partial charge in [-0.15, -0.1) is 0 Å². The summed E-state index contributed by atoms with van der Waals surface area (Å²) in [5.74, 6) is 0.686. The molecule has 1 saturated heterocycles. The van der Waals surface area contributed by atoms with E-state index in [1.54, 1.807) is 35.2 Å². The minimum absolute atomic E-state index is 0.0553. The third kappa shape index (κ3) is 5.51. The Bertz CT molecular complexity index is 842. The summed E-state index contributed by atoms with van der Waals surface area (Å²) in [5, 5.41) is 12.9. The Morgan fingerprint density at radius 1 is 1.13 bits per heavy atom. The Morgan fingerprint density at radius 3 is 2.63 bits per heavy atom.